The Morgan fingerprint density at radius 1 is 1.22 bits per heavy atom. The summed E-state index contributed by atoms with van der Waals surface area (Å²) in [5.74, 6) is -0.0541. The highest BCUT2D eigenvalue weighted by atomic mass is 32.1. The van der Waals surface area contributed by atoms with E-state index in [1.54, 1.807) is 16.8 Å². The van der Waals surface area contributed by atoms with Crippen LogP contribution in [0.1, 0.15) is 25.3 Å². The molecule has 0 radical (unpaired) electrons. The number of carbonyl (C=O) groups excluding carboxylic acids is 1. The second kappa shape index (κ2) is 7.02. The fourth-order valence-electron chi connectivity index (χ4n) is 2.31. The second-order valence-corrected chi connectivity index (χ2v) is 7.29. The smallest absolute Gasteiger partial charge is 0.263 e. The molecule has 0 aliphatic heterocycles. The molecule has 23 heavy (non-hydrogen) atoms. The number of benzene rings is 1. The van der Waals surface area contributed by atoms with Crippen LogP contribution in [0, 0.1) is 13.8 Å². The molecule has 0 aliphatic rings. The van der Waals surface area contributed by atoms with Crippen LogP contribution in [-0.4, -0.2) is 22.4 Å². The highest BCUT2D eigenvalue weighted by Crippen LogP contribution is 2.27. The van der Waals surface area contributed by atoms with Crippen molar-refractivity contribution in [1.82, 2.24) is 15.3 Å². The highest BCUT2D eigenvalue weighted by Gasteiger charge is 2.12. The van der Waals surface area contributed by atoms with Crippen molar-refractivity contribution in [1.29, 1.82) is 0 Å². The largest absolute Gasteiger partial charge is 0.351 e. The van der Waals surface area contributed by atoms with Crippen molar-refractivity contribution in [3.05, 3.63) is 56.3 Å². The number of amides is 1. The van der Waals surface area contributed by atoms with Gasteiger partial charge in [-0.2, -0.15) is 0 Å². The van der Waals surface area contributed by atoms with Crippen LogP contribution in [0.5, 0.6) is 0 Å². The van der Waals surface area contributed by atoms with Gasteiger partial charge in [-0.05, 0) is 13.8 Å². The number of aryl methyl sites for hydroxylation is 2. The number of nitrogens with one attached hydrogen (secondary N) is 1. The van der Waals surface area contributed by atoms with Gasteiger partial charge in [0.1, 0.15) is 4.88 Å². The first-order valence-electron chi connectivity index (χ1n) is 7.35. The summed E-state index contributed by atoms with van der Waals surface area (Å²) in [6.07, 6.45) is 0.738. The van der Waals surface area contributed by atoms with Crippen LogP contribution in [0.15, 0.2) is 35.8 Å². The quantitative estimate of drug-likeness (QED) is 0.765. The summed E-state index contributed by atoms with van der Waals surface area (Å²) in [4.78, 5) is 22.8. The van der Waals surface area contributed by atoms with Gasteiger partial charge in [0.25, 0.3) is 5.91 Å². The Morgan fingerprint density at radius 3 is 2.70 bits per heavy atom. The molecule has 1 N–H and O–H groups in total. The van der Waals surface area contributed by atoms with E-state index in [1.807, 2.05) is 25.1 Å². The van der Waals surface area contributed by atoms with E-state index in [9.17, 15) is 4.79 Å². The first-order chi connectivity index (χ1) is 11.1. The summed E-state index contributed by atoms with van der Waals surface area (Å²) in [7, 11) is 0. The van der Waals surface area contributed by atoms with Gasteiger partial charge >= 0.3 is 0 Å². The van der Waals surface area contributed by atoms with Crippen LogP contribution in [0.2, 0.25) is 0 Å². The van der Waals surface area contributed by atoms with Gasteiger partial charge in [0.2, 0.25) is 0 Å². The number of aromatic nitrogens is 2. The van der Waals surface area contributed by atoms with Crippen molar-refractivity contribution in [2.45, 2.75) is 20.3 Å². The van der Waals surface area contributed by atoms with Gasteiger partial charge in [-0.15, -0.1) is 22.7 Å². The van der Waals surface area contributed by atoms with Crippen molar-refractivity contribution >= 4 is 28.6 Å². The van der Waals surface area contributed by atoms with Gasteiger partial charge in [-0.1, -0.05) is 30.3 Å². The molecule has 0 bridgehead atoms. The van der Waals surface area contributed by atoms with Gasteiger partial charge in [0.05, 0.1) is 21.9 Å². The van der Waals surface area contributed by atoms with Crippen LogP contribution in [-0.2, 0) is 6.42 Å². The van der Waals surface area contributed by atoms with Crippen LogP contribution < -0.4 is 5.32 Å². The Hall–Kier alpha value is -2.05. The van der Waals surface area contributed by atoms with Gasteiger partial charge in [-0.25, -0.2) is 9.97 Å². The second-order valence-electron chi connectivity index (χ2n) is 5.15. The maximum Gasteiger partial charge on any atom is 0.263 e. The molecule has 1 amide bonds. The molecule has 6 heteroatoms. The lowest BCUT2D eigenvalue weighted by Crippen LogP contribution is -2.25. The first kappa shape index (κ1) is 15.8. The van der Waals surface area contributed by atoms with Crippen molar-refractivity contribution in [3.8, 4) is 11.3 Å². The Kier molecular flexibility index (Phi) is 4.83. The van der Waals surface area contributed by atoms with E-state index in [-0.39, 0.29) is 5.91 Å². The molecular formula is C17H17N3OS2. The average Bonchev–Trinajstić information content (AvgIpc) is 3.14. The van der Waals surface area contributed by atoms with E-state index in [0.29, 0.717) is 11.4 Å². The predicted octanol–water partition coefficient (Wildman–Crippen LogP) is 3.86. The Balaban J connectivity index is 1.61. The van der Waals surface area contributed by atoms with Gasteiger partial charge < -0.3 is 5.32 Å². The van der Waals surface area contributed by atoms with Crippen LogP contribution >= 0.6 is 22.7 Å². The molecule has 3 rings (SSSR count). The molecular weight excluding hydrogens is 326 g/mol. The normalized spacial score (nSPS) is 10.7. The molecule has 0 saturated carbocycles. The SMILES string of the molecule is Cc1ncsc1C(=O)NCCc1nc(-c2ccccc2)c(C)s1. The molecule has 118 valence electrons. The van der Waals surface area contributed by atoms with Gasteiger partial charge in [-0.3, -0.25) is 4.79 Å². The lowest BCUT2D eigenvalue weighted by molar-refractivity contribution is 0.0957. The number of hydrogen-bond donors (Lipinski definition) is 1. The lowest BCUT2D eigenvalue weighted by Gasteiger charge is -2.02. The molecule has 0 unspecified atom stereocenters. The van der Waals surface area contributed by atoms with Crippen LogP contribution in [0.25, 0.3) is 11.3 Å². The summed E-state index contributed by atoms with van der Waals surface area (Å²) in [5.41, 5.74) is 4.65. The van der Waals surface area contributed by atoms with E-state index in [1.165, 1.54) is 16.2 Å². The molecule has 0 spiro atoms. The number of thiazole rings is 2. The molecule has 4 nitrogen and oxygen atoms in total. The lowest BCUT2D eigenvalue weighted by atomic mass is 10.1. The Bertz CT molecular complexity index is 808. The summed E-state index contributed by atoms with van der Waals surface area (Å²) in [6, 6.07) is 10.2. The van der Waals surface area contributed by atoms with Crippen molar-refractivity contribution in [2.75, 3.05) is 6.54 Å². The van der Waals surface area contributed by atoms with Gasteiger partial charge in [0.15, 0.2) is 0 Å². The topological polar surface area (TPSA) is 54.9 Å². The van der Waals surface area contributed by atoms with Crippen LogP contribution in [0.4, 0.5) is 0 Å². The molecule has 0 fully saturated rings. The molecule has 3 aromatic rings. The highest BCUT2D eigenvalue weighted by molar-refractivity contribution is 7.12. The molecule has 1 aromatic carbocycles. The zero-order valence-electron chi connectivity index (χ0n) is 13.0. The fraction of sp³-hybridized carbons (Fsp3) is 0.235. The zero-order valence-corrected chi connectivity index (χ0v) is 14.6. The molecule has 0 atom stereocenters. The zero-order chi connectivity index (χ0) is 16.2. The fourth-order valence-corrected chi connectivity index (χ4v) is 3.98. The number of carbonyl (C=O) groups is 1. The average molecular weight is 343 g/mol. The Labute approximate surface area is 143 Å². The first-order valence-corrected chi connectivity index (χ1v) is 9.05. The standard InChI is InChI=1S/C17H17N3OS2/c1-11-16(22-10-19-11)17(21)18-9-8-14-20-15(12(2)23-14)13-6-4-3-5-7-13/h3-7,10H,8-9H2,1-2H3,(H,18,21). The van der Waals surface area contributed by atoms with E-state index in [2.05, 4.69) is 29.4 Å². The van der Waals surface area contributed by atoms with E-state index in [0.717, 1.165) is 28.4 Å². The monoisotopic (exact) mass is 343 g/mol. The molecule has 2 heterocycles. The summed E-state index contributed by atoms with van der Waals surface area (Å²) in [5, 5.41) is 3.99. The minimum atomic E-state index is -0.0541. The summed E-state index contributed by atoms with van der Waals surface area (Å²) < 4.78 is 0. The van der Waals surface area contributed by atoms with Crippen molar-refractivity contribution in [2.24, 2.45) is 0 Å². The summed E-state index contributed by atoms with van der Waals surface area (Å²) >= 11 is 3.06. The number of hydrogen-bond acceptors (Lipinski definition) is 5. The molecule has 2 aromatic heterocycles. The third-order valence-electron chi connectivity index (χ3n) is 3.46. The van der Waals surface area contributed by atoms with Crippen molar-refractivity contribution in [3.63, 3.8) is 0 Å². The summed E-state index contributed by atoms with van der Waals surface area (Å²) in [6.45, 7) is 4.52. The molecule has 0 saturated heterocycles. The Morgan fingerprint density at radius 2 is 2.00 bits per heavy atom. The van der Waals surface area contributed by atoms with Crippen molar-refractivity contribution < 1.29 is 4.79 Å². The maximum absolute atomic E-state index is 12.1. The van der Waals surface area contributed by atoms with Crippen LogP contribution in [0.3, 0.4) is 0 Å². The minimum Gasteiger partial charge on any atom is -0.351 e. The number of rotatable bonds is 5. The third kappa shape index (κ3) is 3.65. The maximum atomic E-state index is 12.1. The van der Waals surface area contributed by atoms with E-state index in [4.69, 9.17) is 4.98 Å². The van der Waals surface area contributed by atoms with Gasteiger partial charge in [0, 0.05) is 23.4 Å². The number of nitrogens with zero attached hydrogens (tertiary/aromatic N) is 2. The predicted molar refractivity (Wildman–Crippen MR) is 95.2 cm³/mol. The van der Waals surface area contributed by atoms with E-state index >= 15 is 0 Å². The molecule has 0 aliphatic carbocycles. The van der Waals surface area contributed by atoms with E-state index < -0.39 is 0 Å². The third-order valence-corrected chi connectivity index (χ3v) is 5.42. The minimum absolute atomic E-state index is 0.0541.